The van der Waals surface area contributed by atoms with E-state index in [1.165, 1.54) is 0 Å². The molecule has 3 N–H and O–H groups in total. The Bertz CT molecular complexity index is 949. The smallest absolute Gasteiger partial charge is 0.319 e. The van der Waals surface area contributed by atoms with Crippen LogP contribution in [0.2, 0.25) is 0 Å². The Morgan fingerprint density at radius 1 is 1.25 bits per heavy atom. The number of aromatic nitrogens is 2. The first kappa shape index (κ1) is 23.6. The molecule has 2 heterocycles. The van der Waals surface area contributed by atoms with E-state index in [9.17, 15) is 9.59 Å². The van der Waals surface area contributed by atoms with Crippen LogP contribution in [-0.4, -0.2) is 47.5 Å². The minimum absolute atomic E-state index is 0.163. The summed E-state index contributed by atoms with van der Waals surface area (Å²) in [7, 11) is 1.81. The second-order valence-corrected chi connectivity index (χ2v) is 9.40. The number of ether oxygens (including phenoxy) is 2. The van der Waals surface area contributed by atoms with Gasteiger partial charge in [0.25, 0.3) is 0 Å². The number of urea groups is 1. The summed E-state index contributed by atoms with van der Waals surface area (Å²) in [5.74, 6) is 0.402. The molecule has 1 aromatic carbocycles. The molecule has 174 valence electrons. The maximum atomic E-state index is 13.3. The van der Waals surface area contributed by atoms with Crippen LogP contribution in [0.3, 0.4) is 0 Å². The monoisotopic (exact) mass is 443 g/mol. The third-order valence-electron chi connectivity index (χ3n) is 5.62. The van der Waals surface area contributed by atoms with Gasteiger partial charge in [0.15, 0.2) is 12.6 Å². The van der Waals surface area contributed by atoms with Gasteiger partial charge in [-0.15, -0.1) is 0 Å². The van der Waals surface area contributed by atoms with Crippen LogP contribution in [0.15, 0.2) is 30.3 Å². The number of nitrogens with one attached hydrogen (secondary N) is 3. The molecule has 0 saturated heterocycles. The summed E-state index contributed by atoms with van der Waals surface area (Å²) in [6, 6.07) is 8.95. The van der Waals surface area contributed by atoms with Crippen LogP contribution in [-0.2, 0) is 26.4 Å². The number of esters is 1. The summed E-state index contributed by atoms with van der Waals surface area (Å²) in [4.78, 5) is 27.0. The predicted octanol–water partition coefficient (Wildman–Crippen LogP) is 3.52. The van der Waals surface area contributed by atoms with Gasteiger partial charge in [-0.1, -0.05) is 30.3 Å². The van der Waals surface area contributed by atoms with Gasteiger partial charge in [-0.2, -0.15) is 5.10 Å². The van der Waals surface area contributed by atoms with Crippen molar-refractivity contribution in [1.29, 1.82) is 0 Å². The van der Waals surface area contributed by atoms with E-state index in [4.69, 9.17) is 9.47 Å². The molecular formula is C23H33N5O4. The minimum Gasteiger partial charge on any atom is -0.438 e. The summed E-state index contributed by atoms with van der Waals surface area (Å²) in [5, 5.41) is 13.5. The lowest BCUT2D eigenvalue weighted by Gasteiger charge is -2.33. The van der Waals surface area contributed by atoms with Gasteiger partial charge in [-0.3, -0.25) is 9.89 Å². The lowest BCUT2D eigenvalue weighted by molar-refractivity contribution is -0.166. The van der Waals surface area contributed by atoms with Gasteiger partial charge in [-0.05, 0) is 40.2 Å². The number of H-pyrrole nitrogens is 1. The van der Waals surface area contributed by atoms with E-state index in [0.29, 0.717) is 6.54 Å². The van der Waals surface area contributed by atoms with Gasteiger partial charge >= 0.3 is 12.0 Å². The molecule has 1 aliphatic rings. The van der Waals surface area contributed by atoms with E-state index in [2.05, 4.69) is 20.8 Å². The molecule has 3 rings (SSSR count). The number of rotatable bonds is 7. The van der Waals surface area contributed by atoms with Crippen LogP contribution in [0.1, 0.15) is 57.5 Å². The van der Waals surface area contributed by atoms with Crippen LogP contribution in [0, 0.1) is 5.41 Å². The highest BCUT2D eigenvalue weighted by atomic mass is 16.7. The molecule has 0 spiro atoms. The van der Waals surface area contributed by atoms with Gasteiger partial charge in [0.1, 0.15) is 0 Å². The fourth-order valence-electron chi connectivity index (χ4n) is 3.66. The second kappa shape index (κ2) is 9.20. The molecule has 0 bridgehead atoms. The van der Waals surface area contributed by atoms with Gasteiger partial charge in [0.2, 0.25) is 0 Å². The second-order valence-electron chi connectivity index (χ2n) is 9.40. The fourth-order valence-corrected chi connectivity index (χ4v) is 3.66. The minimum atomic E-state index is -0.602. The van der Waals surface area contributed by atoms with Crippen molar-refractivity contribution in [3.8, 4) is 0 Å². The SMILES string of the molecule is CNc1n[nH]c2c1CN(C(=O)NC(COCOC(=O)C(C)(C)C)c1ccccc1)C2(C)C. The average molecular weight is 444 g/mol. The first-order valence-electron chi connectivity index (χ1n) is 10.7. The quantitative estimate of drug-likeness (QED) is 0.343. The van der Waals surface area contributed by atoms with Gasteiger partial charge in [0.05, 0.1) is 35.8 Å². The molecular weight excluding hydrogens is 410 g/mol. The molecule has 0 radical (unpaired) electrons. The molecule has 0 saturated carbocycles. The highest BCUT2D eigenvalue weighted by Crippen LogP contribution is 2.40. The van der Waals surface area contributed by atoms with E-state index >= 15 is 0 Å². The Morgan fingerprint density at radius 3 is 2.56 bits per heavy atom. The van der Waals surface area contributed by atoms with Gasteiger partial charge in [0, 0.05) is 12.6 Å². The standard InChI is InChI=1S/C23H33N5O4/c1-22(2,3)20(29)32-14-31-13-17(15-10-8-7-9-11-15)25-21(30)28-12-16-18(23(28,4)5)26-27-19(16)24-6/h7-11,17H,12-14H2,1-6H3,(H,25,30)(H2,24,26,27). The number of hydrogen-bond acceptors (Lipinski definition) is 6. The molecule has 32 heavy (non-hydrogen) atoms. The topological polar surface area (TPSA) is 109 Å². The molecule has 9 nitrogen and oxygen atoms in total. The van der Waals surface area contributed by atoms with Crippen LogP contribution in [0.4, 0.5) is 10.6 Å². The summed E-state index contributed by atoms with van der Waals surface area (Å²) < 4.78 is 10.8. The van der Waals surface area contributed by atoms with Crippen molar-refractivity contribution in [3.05, 3.63) is 47.2 Å². The summed E-state index contributed by atoms with van der Waals surface area (Å²) in [5.41, 5.74) is 1.64. The van der Waals surface area contributed by atoms with Crippen molar-refractivity contribution in [2.24, 2.45) is 5.41 Å². The summed E-state index contributed by atoms with van der Waals surface area (Å²) >= 11 is 0. The zero-order valence-electron chi connectivity index (χ0n) is 19.6. The first-order valence-corrected chi connectivity index (χ1v) is 10.7. The molecule has 1 aliphatic heterocycles. The van der Waals surface area contributed by atoms with Gasteiger partial charge < -0.3 is 25.0 Å². The molecule has 1 atom stereocenters. The lowest BCUT2D eigenvalue weighted by atomic mass is 9.98. The largest absolute Gasteiger partial charge is 0.438 e. The number of aromatic amines is 1. The zero-order valence-corrected chi connectivity index (χ0v) is 19.6. The molecule has 0 fully saturated rings. The Morgan fingerprint density at radius 2 is 1.94 bits per heavy atom. The van der Waals surface area contributed by atoms with Crippen molar-refractivity contribution < 1.29 is 19.1 Å². The number of hydrogen-bond donors (Lipinski definition) is 3. The number of carbonyl (C=O) groups is 2. The van der Waals surface area contributed by atoms with Crippen LogP contribution < -0.4 is 10.6 Å². The molecule has 2 aromatic rings. The molecule has 0 aliphatic carbocycles. The number of amides is 2. The van der Waals surface area contributed by atoms with E-state index in [0.717, 1.165) is 22.6 Å². The van der Waals surface area contributed by atoms with E-state index in [1.807, 2.05) is 44.2 Å². The summed E-state index contributed by atoms with van der Waals surface area (Å²) in [6.45, 7) is 9.74. The van der Waals surface area contributed by atoms with Crippen molar-refractivity contribution in [2.75, 3.05) is 25.8 Å². The van der Waals surface area contributed by atoms with Crippen LogP contribution in [0.5, 0.6) is 0 Å². The fraction of sp³-hybridized carbons (Fsp3) is 0.522. The highest BCUT2D eigenvalue weighted by molar-refractivity contribution is 5.77. The van der Waals surface area contributed by atoms with Crippen molar-refractivity contribution in [3.63, 3.8) is 0 Å². The maximum Gasteiger partial charge on any atom is 0.319 e. The first-order chi connectivity index (χ1) is 15.1. The number of fused-ring (bicyclic) bond motifs is 1. The van der Waals surface area contributed by atoms with Crippen molar-refractivity contribution in [1.82, 2.24) is 20.4 Å². The molecule has 2 amide bonds. The highest BCUT2D eigenvalue weighted by Gasteiger charge is 2.44. The zero-order chi connectivity index (χ0) is 23.5. The Labute approximate surface area is 188 Å². The van der Waals surface area contributed by atoms with Crippen molar-refractivity contribution >= 4 is 17.8 Å². The number of anilines is 1. The maximum absolute atomic E-state index is 13.3. The number of benzene rings is 1. The van der Waals surface area contributed by atoms with Gasteiger partial charge in [-0.25, -0.2) is 4.79 Å². The third-order valence-corrected chi connectivity index (χ3v) is 5.62. The van der Waals surface area contributed by atoms with Crippen molar-refractivity contribution in [2.45, 2.75) is 52.7 Å². The summed E-state index contributed by atoms with van der Waals surface area (Å²) in [6.07, 6.45) is 0. The van der Waals surface area contributed by atoms with Crippen LogP contribution in [0.25, 0.3) is 0 Å². The predicted molar refractivity (Wildman–Crippen MR) is 121 cm³/mol. The van der Waals surface area contributed by atoms with E-state index in [-0.39, 0.29) is 25.4 Å². The Kier molecular flexibility index (Phi) is 6.78. The third kappa shape index (κ3) is 4.88. The number of carbonyl (C=O) groups excluding carboxylic acids is 2. The Balaban J connectivity index is 1.68. The lowest BCUT2D eigenvalue weighted by Crippen LogP contribution is -2.48. The van der Waals surface area contributed by atoms with E-state index < -0.39 is 17.0 Å². The molecule has 9 heteroatoms. The normalized spacial score (nSPS) is 15.8. The van der Waals surface area contributed by atoms with Crippen LogP contribution >= 0.6 is 0 Å². The molecule has 1 aromatic heterocycles. The van der Waals surface area contributed by atoms with E-state index in [1.54, 1.807) is 32.7 Å². The number of nitrogens with zero attached hydrogens (tertiary/aromatic N) is 2. The average Bonchev–Trinajstić information content (AvgIpc) is 3.27. The molecule has 1 unspecified atom stereocenters. The Hall–Kier alpha value is -3.07.